The summed E-state index contributed by atoms with van der Waals surface area (Å²) in [5, 5.41) is 3.48. The summed E-state index contributed by atoms with van der Waals surface area (Å²) >= 11 is 0. The minimum absolute atomic E-state index is 0.0652. The smallest absolute Gasteiger partial charge is 0.123 e. The molecule has 0 spiro atoms. The minimum Gasteiger partial charge on any atom is -0.305 e. The third-order valence-corrected chi connectivity index (χ3v) is 3.11. The van der Waals surface area contributed by atoms with Gasteiger partial charge in [-0.1, -0.05) is 42.5 Å². The van der Waals surface area contributed by atoms with Crippen molar-refractivity contribution in [2.24, 2.45) is 0 Å². The van der Waals surface area contributed by atoms with Crippen LogP contribution in [0.25, 0.3) is 0 Å². The van der Waals surface area contributed by atoms with Gasteiger partial charge in [0.25, 0.3) is 0 Å². The summed E-state index contributed by atoms with van der Waals surface area (Å²) in [7, 11) is 0. The average molecular weight is 267 g/mol. The molecule has 1 atom stereocenters. The van der Waals surface area contributed by atoms with Crippen molar-refractivity contribution in [2.75, 3.05) is 6.54 Å². The Morgan fingerprint density at radius 3 is 2.30 bits per heavy atom. The lowest BCUT2D eigenvalue weighted by molar-refractivity contribution is 0.605. The minimum atomic E-state index is -0.211. The van der Waals surface area contributed by atoms with E-state index in [2.05, 4.69) is 29.3 Å². The van der Waals surface area contributed by atoms with E-state index in [1.165, 1.54) is 17.7 Å². The van der Waals surface area contributed by atoms with Crippen LogP contribution in [0, 0.1) is 17.7 Å². The Hall–Kier alpha value is -2.11. The summed E-state index contributed by atoms with van der Waals surface area (Å²) in [6.07, 6.45) is 0.807. The van der Waals surface area contributed by atoms with Gasteiger partial charge >= 0.3 is 0 Å². The monoisotopic (exact) mass is 267 g/mol. The molecule has 0 radical (unpaired) electrons. The molecule has 0 saturated heterocycles. The molecular weight excluding hydrogens is 249 g/mol. The van der Waals surface area contributed by atoms with Crippen molar-refractivity contribution in [2.45, 2.75) is 19.4 Å². The molecule has 0 aliphatic rings. The predicted molar refractivity (Wildman–Crippen MR) is 80.8 cm³/mol. The highest BCUT2D eigenvalue weighted by Gasteiger charge is 2.12. The maximum absolute atomic E-state index is 13.1. The molecule has 0 aliphatic heterocycles. The molecule has 0 bridgehead atoms. The van der Waals surface area contributed by atoms with Crippen LogP contribution in [-0.2, 0) is 0 Å². The van der Waals surface area contributed by atoms with Gasteiger partial charge in [-0.2, -0.15) is 0 Å². The van der Waals surface area contributed by atoms with Gasteiger partial charge in [0.1, 0.15) is 5.82 Å². The fourth-order valence-electron chi connectivity index (χ4n) is 2.13. The summed E-state index contributed by atoms with van der Waals surface area (Å²) in [5.74, 6) is 5.72. The Labute approximate surface area is 119 Å². The van der Waals surface area contributed by atoms with E-state index in [0.29, 0.717) is 0 Å². The highest BCUT2D eigenvalue weighted by molar-refractivity contribution is 5.31. The van der Waals surface area contributed by atoms with Crippen molar-refractivity contribution in [1.82, 2.24) is 5.32 Å². The van der Waals surface area contributed by atoms with Crippen LogP contribution in [0.4, 0.5) is 4.39 Å². The first-order chi connectivity index (χ1) is 9.81. The molecule has 0 aliphatic carbocycles. The van der Waals surface area contributed by atoms with E-state index in [1.807, 2.05) is 37.3 Å². The topological polar surface area (TPSA) is 12.0 Å². The van der Waals surface area contributed by atoms with Gasteiger partial charge in [0.2, 0.25) is 0 Å². The summed E-state index contributed by atoms with van der Waals surface area (Å²) < 4.78 is 13.1. The van der Waals surface area contributed by atoms with Crippen molar-refractivity contribution in [3.63, 3.8) is 0 Å². The third kappa shape index (κ3) is 3.94. The van der Waals surface area contributed by atoms with E-state index in [1.54, 1.807) is 0 Å². The molecule has 2 aromatic rings. The zero-order chi connectivity index (χ0) is 14.2. The Kier molecular flexibility index (Phi) is 5.34. The second-order valence-electron chi connectivity index (χ2n) is 4.53. The number of hydrogen-bond donors (Lipinski definition) is 1. The molecule has 0 heterocycles. The van der Waals surface area contributed by atoms with Gasteiger partial charge < -0.3 is 5.32 Å². The van der Waals surface area contributed by atoms with Gasteiger partial charge in [-0.15, -0.1) is 11.8 Å². The molecule has 102 valence electrons. The fourth-order valence-corrected chi connectivity index (χ4v) is 2.13. The SMILES string of the molecule is CC#CCCNC(c1ccccc1)c1ccc(F)cc1. The highest BCUT2D eigenvalue weighted by Crippen LogP contribution is 2.22. The second kappa shape index (κ2) is 7.47. The number of hydrogen-bond acceptors (Lipinski definition) is 1. The quantitative estimate of drug-likeness (QED) is 0.639. The zero-order valence-electron chi connectivity index (χ0n) is 11.6. The molecule has 0 aromatic heterocycles. The van der Waals surface area contributed by atoms with Crippen molar-refractivity contribution in [3.8, 4) is 11.8 Å². The van der Waals surface area contributed by atoms with E-state index >= 15 is 0 Å². The standard InChI is InChI=1S/C18H18FN/c1-2-3-7-14-20-18(15-8-5-4-6-9-15)16-10-12-17(19)13-11-16/h4-6,8-13,18,20H,7,14H2,1H3. The van der Waals surface area contributed by atoms with E-state index < -0.39 is 0 Å². The van der Waals surface area contributed by atoms with Crippen LogP contribution in [0.5, 0.6) is 0 Å². The van der Waals surface area contributed by atoms with Crippen LogP contribution in [0.3, 0.4) is 0 Å². The van der Waals surface area contributed by atoms with E-state index in [9.17, 15) is 4.39 Å². The maximum Gasteiger partial charge on any atom is 0.123 e. The van der Waals surface area contributed by atoms with Crippen molar-refractivity contribution >= 4 is 0 Å². The zero-order valence-corrected chi connectivity index (χ0v) is 11.6. The van der Waals surface area contributed by atoms with Gasteiger partial charge in [0, 0.05) is 13.0 Å². The largest absolute Gasteiger partial charge is 0.305 e. The molecule has 0 saturated carbocycles. The number of rotatable bonds is 5. The molecule has 2 heteroatoms. The summed E-state index contributed by atoms with van der Waals surface area (Å²) in [6.45, 7) is 2.65. The van der Waals surface area contributed by atoms with Crippen molar-refractivity contribution < 1.29 is 4.39 Å². The molecule has 0 amide bonds. The molecule has 0 fully saturated rings. The Morgan fingerprint density at radius 1 is 1.00 bits per heavy atom. The lowest BCUT2D eigenvalue weighted by Gasteiger charge is -2.19. The van der Waals surface area contributed by atoms with Gasteiger partial charge in [-0.3, -0.25) is 0 Å². The molecule has 20 heavy (non-hydrogen) atoms. The third-order valence-electron chi connectivity index (χ3n) is 3.11. The van der Waals surface area contributed by atoms with E-state index in [4.69, 9.17) is 0 Å². The van der Waals surface area contributed by atoms with Crippen LogP contribution in [-0.4, -0.2) is 6.54 Å². The average Bonchev–Trinajstić information content (AvgIpc) is 2.50. The molecule has 1 N–H and O–H groups in total. The molecular formula is C18H18FN. The van der Waals surface area contributed by atoms with Crippen LogP contribution < -0.4 is 5.32 Å². The normalized spacial score (nSPS) is 11.5. The predicted octanol–water partition coefficient (Wildman–Crippen LogP) is 3.92. The molecule has 1 nitrogen and oxygen atoms in total. The fraction of sp³-hybridized carbons (Fsp3) is 0.222. The van der Waals surface area contributed by atoms with E-state index in [-0.39, 0.29) is 11.9 Å². The molecule has 2 rings (SSSR count). The Balaban J connectivity index is 2.19. The van der Waals surface area contributed by atoms with Crippen molar-refractivity contribution in [1.29, 1.82) is 0 Å². The van der Waals surface area contributed by atoms with Crippen LogP contribution in [0.15, 0.2) is 54.6 Å². The lowest BCUT2D eigenvalue weighted by atomic mass is 9.98. The maximum atomic E-state index is 13.1. The summed E-state index contributed by atoms with van der Waals surface area (Å²) in [6, 6.07) is 16.9. The molecule has 2 aromatic carbocycles. The first-order valence-electron chi connectivity index (χ1n) is 6.74. The Bertz CT molecular complexity index is 578. The number of benzene rings is 2. The second-order valence-corrected chi connectivity index (χ2v) is 4.53. The van der Waals surface area contributed by atoms with Gasteiger partial charge in [0.15, 0.2) is 0 Å². The number of halogens is 1. The summed E-state index contributed by atoms with van der Waals surface area (Å²) in [5.41, 5.74) is 2.23. The van der Waals surface area contributed by atoms with Gasteiger partial charge in [-0.05, 0) is 30.2 Å². The van der Waals surface area contributed by atoms with Gasteiger partial charge in [-0.25, -0.2) is 4.39 Å². The first kappa shape index (κ1) is 14.3. The first-order valence-corrected chi connectivity index (χ1v) is 6.74. The highest BCUT2D eigenvalue weighted by atomic mass is 19.1. The Morgan fingerprint density at radius 2 is 1.65 bits per heavy atom. The number of nitrogens with one attached hydrogen (secondary N) is 1. The molecule has 1 unspecified atom stereocenters. The summed E-state index contributed by atoms with van der Waals surface area (Å²) in [4.78, 5) is 0. The van der Waals surface area contributed by atoms with Crippen LogP contribution >= 0.6 is 0 Å². The van der Waals surface area contributed by atoms with E-state index in [0.717, 1.165) is 18.5 Å². The van der Waals surface area contributed by atoms with Gasteiger partial charge in [0.05, 0.1) is 6.04 Å². The van der Waals surface area contributed by atoms with Crippen molar-refractivity contribution in [3.05, 3.63) is 71.5 Å². The lowest BCUT2D eigenvalue weighted by Crippen LogP contribution is -2.23. The van der Waals surface area contributed by atoms with Crippen LogP contribution in [0.1, 0.15) is 30.5 Å². The van der Waals surface area contributed by atoms with Crippen LogP contribution in [0.2, 0.25) is 0 Å².